The maximum Gasteiger partial charge on any atom is 0.260 e. The molecule has 0 radical (unpaired) electrons. The molecular weight excluding hydrogens is 277 g/mol. The summed E-state index contributed by atoms with van der Waals surface area (Å²) in [5.74, 6) is 0.0719. The van der Waals surface area contributed by atoms with Gasteiger partial charge in [-0.3, -0.25) is 4.79 Å². The van der Waals surface area contributed by atoms with Crippen LogP contribution in [0, 0.1) is 0 Å². The maximum atomic E-state index is 11.6. The fraction of sp³-hybridized carbons (Fsp3) is 0.417. The van der Waals surface area contributed by atoms with Gasteiger partial charge >= 0.3 is 0 Å². The van der Waals surface area contributed by atoms with Gasteiger partial charge in [-0.05, 0) is 32.0 Å². The van der Waals surface area contributed by atoms with E-state index in [2.05, 4.69) is 5.32 Å². The van der Waals surface area contributed by atoms with Crippen molar-refractivity contribution >= 4 is 29.1 Å². The summed E-state index contributed by atoms with van der Waals surface area (Å²) in [5, 5.41) is 12.4. The van der Waals surface area contributed by atoms with Crippen molar-refractivity contribution in [3.05, 3.63) is 28.2 Å². The second-order valence-electron chi connectivity index (χ2n) is 3.93. The fourth-order valence-electron chi connectivity index (χ4n) is 1.21. The third-order valence-corrected chi connectivity index (χ3v) is 2.67. The van der Waals surface area contributed by atoms with Gasteiger partial charge < -0.3 is 15.2 Å². The average molecular weight is 292 g/mol. The van der Waals surface area contributed by atoms with E-state index in [1.165, 1.54) is 0 Å². The van der Waals surface area contributed by atoms with Crippen LogP contribution in [0.3, 0.4) is 0 Å². The number of hydrogen-bond acceptors (Lipinski definition) is 3. The summed E-state index contributed by atoms with van der Waals surface area (Å²) >= 11 is 11.7. The molecule has 0 aromatic heterocycles. The van der Waals surface area contributed by atoms with Gasteiger partial charge in [0.15, 0.2) is 6.10 Å². The lowest BCUT2D eigenvalue weighted by atomic mass is 10.3. The van der Waals surface area contributed by atoms with Crippen LogP contribution < -0.4 is 10.1 Å². The topological polar surface area (TPSA) is 58.6 Å². The van der Waals surface area contributed by atoms with Gasteiger partial charge in [-0.2, -0.15) is 0 Å². The quantitative estimate of drug-likeness (QED) is 0.875. The highest BCUT2D eigenvalue weighted by Crippen LogP contribution is 2.28. The molecule has 1 aromatic rings. The molecule has 4 nitrogen and oxygen atoms in total. The third kappa shape index (κ3) is 4.72. The van der Waals surface area contributed by atoms with Crippen molar-refractivity contribution in [2.24, 2.45) is 0 Å². The summed E-state index contributed by atoms with van der Waals surface area (Å²) in [7, 11) is 0. The third-order valence-electron chi connectivity index (χ3n) is 2.14. The second kappa shape index (κ2) is 6.83. The number of nitrogens with one attached hydrogen (secondary N) is 1. The molecule has 2 N–H and O–H groups in total. The van der Waals surface area contributed by atoms with Crippen LogP contribution in [0.5, 0.6) is 5.75 Å². The van der Waals surface area contributed by atoms with Crippen molar-refractivity contribution in [3.8, 4) is 5.75 Å². The first-order valence-corrected chi connectivity index (χ1v) is 6.23. The van der Waals surface area contributed by atoms with Crippen LogP contribution in [0.15, 0.2) is 18.2 Å². The summed E-state index contributed by atoms with van der Waals surface area (Å²) in [4.78, 5) is 11.6. The number of aliphatic hydroxyl groups is 1. The fourth-order valence-corrected chi connectivity index (χ4v) is 1.66. The molecule has 0 bridgehead atoms. The van der Waals surface area contributed by atoms with E-state index < -0.39 is 12.2 Å². The van der Waals surface area contributed by atoms with Gasteiger partial charge in [-0.25, -0.2) is 0 Å². The number of carbonyl (C=O) groups excluding carboxylic acids is 1. The molecule has 0 spiro atoms. The summed E-state index contributed by atoms with van der Waals surface area (Å²) < 4.78 is 5.41. The molecule has 2 atom stereocenters. The van der Waals surface area contributed by atoms with E-state index in [0.29, 0.717) is 15.8 Å². The predicted octanol–water partition coefficient (Wildman–Crippen LogP) is 2.26. The number of amides is 1. The van der Waals surface area contributed by atoms with Crippen molar-refractivity contribution < 1.29 is 14.6 Å². The van der Waals surface area contributed by atoms with E-state index >= 15 is 0 Å². The molecule has 0 aliphatic carbocycles. The molecule has 1 rings (SSSR count). The average Bonchev–Trinajstić information content (AvgIpc) is 2.29. The zero-order valence-corrected chi connectivity index (χ0v) is 11.6. The predicted molar refractivity (Wildman–Crippen MR) is 71.2 cm³/mol. The van der Waals surface area contributed by atoms with Gasteiger partial charge in [0, 0.05) is 11.6 Å². The summed E-state index contributed by atoms with van der Waals surface area (Å²) in [6, 6.07) is 4.77. The van der Waals surface area contributed by atoms with Crippen LogP contribution in [-0.2, 0) is 4.79 Å². The number of carbonyl (C=O) groups is 1. The van der Waals surface area contributed by atoms with Crippen LogP contribution in [0.1, 0.15) is 13.8 Å². The molecule has 0 saturated heterocycles. The van der Waals surface area contributed by atoms with E-state index in [1.54, 1.807) is 32.0 Å². The number of aliphatic hydroxyl groups excluding tert-OH is 1. The minimum atomic E-state index is -0.706. The molecule has 0 aliphatic rings. The normalized spacial score (nSPS) is 13.8. The Morgan fingerprint density at radius 3 is 2.67 bits per heavy atom. The Hall–Kier alpha value is -0.970. The SMILES string of the molecule is C[C@H](O)CNC(=O)[C@H](C)Oc1ccc(Cl)cc1Cl. The first-order valence-electron chi connectivity index (χ1n) is 5.47. The van der Waals surface area contributed by atoms with Crippen molar-refractivity contribution in [1.29, 1.82) is 0 Å². The molecule has 100 valence electrons. The lowest BCUT2D eigenvalue weighted by Gasteiger charge is -2.16. The van der Waals surface area contributed by atoms with Gasteiger partial charge in [0.05, 0.1) is 11.1 Å². The highest BCUT2D eigenvalue weighted by Gasteiger charge is 2.16. The largest absolute Gasteiger partial charge is 0.479 e. The van der Waals surface area contributed by atoms with E-state index in [1.807, 2.05) is 0 Å². The highest BCUT2D eigenvalue weighted by atomic mass is 35.5. The Labute approximate surface area is 116 Å². The van der Waals surface area contributed by atoms with Crippen LogP contribution in [0.2, 0.25) is 10.0 Å². The summed E-state index contributed by atoms with van der Waals surface area (Å²) in [6.45, 7) is 3.37. The van der Waals surface area contributed by atoms with E-state index in [4.69, 9.17) is 33.0 Å². The summed E-state index contributed by atoms with van der Waals surface area (Å²) in [5.41, 5.74) is 0. The second-order valence-corrected chi connectivity index (χ2v) is 4.77. The molecule has 6 heteroatoms. The Balaban J connectivity index is 2.58. The van der Waals surface area contributed by atoms with E-state index in [0.717, 1.165) is 0 Å². The first-order chi connectivity index (χ1) is 8.40. The zero-order valence-electron chi connectivity index (χ0n) is 10.1. The standard InChI is InChI=1S/C12H15Cl2NO3/c1-7(16)6-15-12(17)8(2)18-11-4-3-9(13)5-10(11)14/h3-5,7-8,16H,6H2,1-2H3,(H,15,17)/t7-,8-/m0/s1. The molecule has 18 heavy (non-hydrogen) atoms. The zero-order chi connectivity index (χ0) is 13.7. The van der Waals surface area contributed by atoms with Crippen LogP contribution >= 0.6 is 23.2 Å². The molecular formula is C12H15Cl2NO3. The van der Waals surface area contributed by atoms with Crippen LogP contribution in [0.4, 0.5) is 0 Å². The Morgan fingerprint density at radius 2 is 2.11 bits per heavy atom. The molecule has 0 saturated carbocycles. The minimum Gasteiger partial charge on any atom is -0.479 e. The monoisotopic (exact) mass is 291 g/mol. The van der Waals surface area contributed by atoms with Gasteiger partial charge in [0.1, 0.15) is 5.75 Å². The van der Waals surface area contributed by atoms with Crippen molar-refractivity contribution in [1.82, 2.24) is 5.32 Å². The van der Waals surface area contributed by atoms with E-state index in [9.17, 15) is 4.79 Å². The van der Waals surface area contributed by atoms with Gasteiger partial charge in [-0.1, -0.05) is 23.2 Å². The maximum absolute atomic E-state index is 11.6. The number of halogens is 2. The number of rotatable bonds is 5. The molecule has 1 aromatic carbocycles. The Kier molecular flexibility index (Phi) is 5.72. The summed E-state index contributed by atoms with van der Waals surface area (Å²) in [6.07, 6.45) is -1.30. The first kappa shape index (κ1) is 15.1. The lowest BCUT2D eigenvalue weighted by molar-refractivity contribution is -0.127. The van der Waals surface area contributed by atoms with Crippen LogP contribution in [0.25, 0.3) is 0 Å². The Morgan fingerprint density at radius 1 is 1.44 bits per heavy atom. The van der Waals surface area contributed by atoms with Gasteiger partial charge in [-0.15, -0.1) is 0 Å². The molecule has 0 heterocycles. The van der Waals surface area contributed by atoms with Crippen LogP contribution in [-0.4, -0.2) is 29.8 Å². The lowest BCUT2D eigenvalue weighted by Crippen LogP contribution is -2.39. The van der Waals surface area contributed by atoms with E-state index in [-0.39, 0.29) is 12.5 Å². The molecule has 0 unspecified atom stereocenters. The molecule has 1 amide bonds. The Bertz CT molecular complexity index is 424. The number of benzene rings is 1. The van der Waals surface area contributed by atoms with Crippen molar-refractivity contribution in [2.45, 2.75) is 26.1 Å². The minimum absolute atomic E-state index is 0.181. The van der Waals surface area contributed by atoms with Gasteiger partial charge in [0.2, 0.25) is 0 Å². The number of ether oxygens (including phenoxy) is 1. The smallest absolute Gasteiger partial charge is 0.260 e. The molecule has 0 fully saturated rings. The van der Waals surface area contributed by atoms with Crippen molar-refractivity contribution in [2.75, 3.05) is 6.54 Å². The number of hydrogen-bond donors (Lipinski definition) is 2. The van der Waals surface area contributed by atoms with Gasteiger partial charge in [0.25, 0.3) is 5.91 Å². The highest BCUT2D eigenvalue weighted by molar-refractivity contribution is 6.35. The van der Waals surface area contributed by atoms with Crippen molar-refractivity contribution in [3.63, 3.8) is 0 Å². The molecule has 0 aliphatic heterocycles.